The van der Waals surface area contributed by atoms with Crippen LogP contribution in [0.3, 0.4) is 0 Å². The maximum Gasteiger partial charge on any atom is 0.250 e. The molecule has 0 aliphatic carbocycles. The normalized spacial score (nSPS) is 10.9. The summed E-state index contributed by atoms with van der Waals surface area (Å²) < 4.78 is 6.93. The first-order chi connectivity index (χ1) is 15.1. The van der Waals surface area contributed by atoms with Gasteiger partial charge in [0.25, 0.3) is 5.56 Å². The maximum absolute atomic E-state index is 11.9. The van der Waals surface area contributed by atoms with Crippen molar-refractivity contribution in [3.8, 4) is 5.75 Å². The van der Waals surface area contributed by atoms with Gasteiger partial charge >= 0.3 is 0 Å². The number of methoxy groups -OCH3 is 1. The smallest absolute Gasteiger partial charge is 0.250 e. The molecule has 3 aromatic rings. The minimum Gasteiger partial charge on any atom is -0.497 e. The van der Waals surface area contributed by atoms with Crippen LogP contribution >= 0.6 is 24.0 Å². The van der Waals surface area contributed by atoms with Crippen LogP contribution in [0.2, 0.25) is 0 Å². The molecule has 3 rings (SSSR count). The fourth-order valence-corrected chi connectivity index (χ4v) is 3.25. The number of nitrogens with zero attached hydrogens (tertiary/aromatic N) is 3. The van der Waals surface area contributed by atoms with Crippen molar-refractivity contribution in [3.63, 3.8) is 0 Å². The number of halogens is 1. The van der Waals surface area contributed by atoms with Crippen LogP contribution in [-0.2, 0) is 19.6 Å². The Bertz CT molecular complexity index is 1050. The van der Waals surface area contributed by atoms with Gasteiger partial charge in [-0.25, -0.2) is 4.99 Å². The first-order valence-corrected chi connectivity index (χ1v) is 10.4. The summed E-state index contributed by atoms with van der Waals surface area (Å²) in [7, 11) is 3.71. The minimum absolute atomic E-state index is 0. The van der Waals surface area contributed by atoms with E-state index in [1.807, 2.05) is 31.4 Å². The molecule has 0 bridgehead atoms. The number of nitrogens with one attached hydrogen (secondary N) is 1. The molecule has 32 heavy (non-hydrogen) atoms. The highest BCUT2D eigenvalue weighted by Crippen LogP contribution is 2.13. The summed E-state index contributed by atoms with van der Waals surface area (Å²) in [5.74, 6) is 1.71. The minimum atomic E-state index is 0. The second-order valence-corrected chi connectivity index (χ2v) is 7.36. The number of ether oxygens (including phenoxy) is 1. The predicted molar refractivity (Wildman–Crippen MR) is 141 cm³/mol. The molecule has 0 amide bonds. The molecule has 6 nitrogen and oxygen atoms in total. The van der Waals surface area contributed by atoms with Gasteiger partial charge in [-0.05, 0) is 41.8 Å². The highest BCUT2D eigenvalue weighted by Gasteiger charge is 2.07. The molecule has 170 valence electrons. The van der Waals surface area contributed by atoms with E-state index < -0.39 is 0 Å². The van der Waals surface area contributed by atoms with E-state index in [1.165, 1.54) is 5.56 Å². The van der Waals surface area contributed by atoms with Crippen molar-refractivity contribution in [2.75, 3.05) is 20.7 Å². The molecule has 1 aromatic heterocycles. The number of rotatable bonds is 8. The Morgan fingerprint density at radius 2 is 1.66 bits per heavy atom. The SMILES string of the molecule is CCNC(=NCc1ccc(Cn2ccccc2=O)cc1)N(C)Cc1ccc(OC)cc1.I. The zero-order chi connectivity index (χ0) is 22.1. The van der Waals surface area contributed by atoms with Crippen molar-refractivity contribution in [3.05, 3.63) is 100.0 Å². The Hall–Kier alpha value is -2.81. The standard InChI is InChI=1S/C25H30N4O2.HI/c1-4-26-25(28(2)18-21-12-14-23(31-3)15-13-21)27-17-20-8-10-22(11-9-20)19-29-16-6-5-7-24(29)30;/h5-16H,4,17-19H2,1-3H3,(H,26,27);1H. The van der Waals surface area contributed by atoms with Crippen molar-refractivity contribution in [2.24, 2.45) is 4.99 Å². The fourth-order valence-electron chi connectivity index (χ4n) is 3.25. The van der Waals surface area contributed by atoms with Gasteiger partial charge < -0.3 is 19.5 Å². The van der Waals surface area contributed by atoms with E-state index in [4.69, 9.17) is 9.73 Å². The Morgan fingerprint density at radius 1 is 1.00 bits per heavy atom. The van der Waals surface area contributed by atoms with Gasteiger partial charge in [-0.2, -0.15) is 0 Å². The van der Waals surface area contributed by atoms with Crippen molar-refractivity contribution in [2.45, 2.75) is 26.6 Å². The van der Waals surface area contributed by atoms with Crippen molar-refractivity contribution in [1.29, 1.82) is 0 Å². The lowest BCUT2D eigenvalue weighted by Crippen LogP contribution is -2.38. The Balaban J connectivity index is 0.00000363. The Kier molecular flexibility index (Phi) is 10.3. The molecular weight excluding hydrogens is 515 g/mol. The number of guanidine groups is 1. The van der Waals surface area contributed by atoms with Gasteiger partial charge in [0.2, 0.25) is 0 Å². The van der Waals surface area contributed by atoms with Crippen LogP contribution < -0.4 is 15.6 Å². The predicted octanol–water partition coefficient (Wildman–Crippen LogP) is 4.12. The zero-order valence-electron chi connectivity index (χ0n) is 18.8. The van der Waals surface area contributed by atoms with Gasteiger partial charge in [0, 0.05) is 32.4 Å². The third-order valence-electron chi connectivity index (χ3n) is 4.96. The Morgan fingerprint density at radius 3 is 2.28 bits per heavy atom. The first-order valence-electron chi connectivity index (χ1n) is 10.4. The average molecular weight is 546 g/mol. The number of hydrogen-bond donors (Lipinski definition) is 1. The van der Waals surface area contributed by atoms with Gasteiger partial charge in [0.05, 0.1) is 20.2 Å². The van der Waals surface area contributed by atoms with Gasteiger partial charge in [-0.1, -0.05) is 42.5 Å². The van der Waals surface area contributed by atoms with Crippen molar-refractivity contribution < 1.29 is 4.74 Å². The summed E-state index contributed by atoms with van der Waals surface area (Å²) in [5, 5.41) is 3.36. The molecule has 0 saturated carbocycles. The molecule has 1 N–H and O–H groups in total. The van der Waals surface area contributed by atoms with E-state index in [9.17, 15) is 4.79 Å². The summed E-state index contributed by atoms with van der Waals surface area (Å²) >= 11 is 0. The number of benzene rings is 2. The molecule has 0 radical (unpaired) electrons. The van der Waals surface area contributed by atoms with E-state index in [0.29, 0.717) is 13.1 Å². The van der Waals surface area contributed by atoms with E-state index in [0.717, 1.165) is 35.9 Å². The third kappa shape index (κ3) is 7.40. The van der Waals surface area contributed by atoms with E-state index >= 15 is 0 Å². The quantitative estimate of drug-likeness (QED) is 0.263. The molecule has 0 aliphatic rings. The lowest BCUT2D eigenvalue weighted by molar-refractivity contribution is 0.414. The van der Waals surface area contributed by atoms with Crippen LogP contribution in [0.5, 0.6) is 5.75 Å². The van der Waals surface area contributed by atoms with E-state index in [1.54, 1.807) is 23.8 Å². The van der Waals surface area contributed by atoms with Gasteiger partial charge in [0.1, 0.15) is 5.75 Å². The maximum atomic E-state index is 11.9. The van der Waals surface area contributed by atoms with Crippen molar-refractivity contribution in [1.82, 2.24) is 14.8 Å². The molecule has 0 fully saturated rings. The summed E-state index contributed by atoms with van der Waals surface area (Å²) in [4.78, 5) is 18.8. The molecule has 0 spiro atoms. The van der Waals surface area contributed by atoms with Crippen LogP contribution in [-0.4, -0.2) is 36.1 Å². The van der Waals surface area contributed by atoms with Crippen LogP contribution in [0.4, 0.5) is 0 Å². The molecule has 7 heteroatoms. The number of aromatic nitrogens is 1. The molecule has 0 saturated heterocycles. The fraction of sp³-hybridized carbons (Fsp3) is 0.280. The second-order valence-electron chi connectivity index (χ2n) is 7.36. The molecule has 0 atom stereocenters. The first kappa shape index (κ1) is 25.5. The van der Waals surface area contributed by atoms with Crippen LogP contribution in [0.1, 0.15) is 23.6 Å². The van der Waals surface area contributed by atoms with Crippen LogP contribution in [0, 0.1) is 0 Å². The van der Waals surface area contributed by atoms with Gasteiger partial charge in [-0.15, -0.1) is 24.0 Å². The number of hydrogen-bond acceptors (Lipinski definition) is 3. The summed E-state index contributed by atoms with van der Waals surface area (Å²) in [6.45, 7) is 4.77. The van der Waals surface area contributed by atoms with Crippen LogP contribution in [0.15, 0.2) is 82.7 Å². The van der Waals surface area contributed by atoms with Crippen LogP contribution in [0.25, 0.3) is 0 Å². The lowest BCUT2D eigenvalue weighted by atomic mass is 10.1. The third-order valence-corrected chi connectivity index (χ3v) is 4.96. The number of aliphatic imine (C=N–C) groups is 1. The largest absolute Gasteiger partial charge is 0.497 e. The van der Waals surface area contributed by atoms with Crippen molar-refractivity contribution >= 4 is 29.9 Å². The van der Waals surface area contributed by atoms with E-state index in [2.05, 4.69) is 53.5 Å². The topological polar surface area (TPSA) is 58.9 Å². The molecule has 1 heterocycles. The van der Waals surface area contributed by atoms with Gasteiger partial charge in [0.15, 0.2) is 5.96 Å². The average Bonchev–Trinajstić information content (AvgIpc) is 2.79. The van der Waals surface area contributed by atoms with E-state index in [-0.39, 0.29) is 29.5 Å². The summed E-state index contributed by atoms with van der Waals surface area (Å²) in [6.07, 6.45) is 1.81. The molecular formula is C25H31IN4O2. The second kappa shape index (κ2) is 12.9. The zero-order valence-corrected chi connectivity index (χ0v) is 21.2. The highest BCUT2D eigenvalue weighted by atomic mass is 127. The lowest BCUT2D eigenvalue weighted by Gasteiger charge is -2.22. The molecule has 0 aliphatic heterocycles. The summed E-state index contributed by atoms with van der Waals surface area (Å²) in [5.41, 5.74) is 3.41. The Labute approximate surface area is 207 Å². The summed E-state index contributed by atoms with van der Waals surface area (Å²) in [6, 6.07) is 21.5. The molecule has 2 aromatic carbocycles. The molecule has 0 unspecified atom stereocenters. The monoisotopic (exact) mass is 546 g/mol. The van der Waals surface area contributed by atoms with Gasteiger partial charge in [-0.3, -0.25) is 4.79 Å². The highest BCUT2D eigenvalue weighted by molar-refractivity contribution is 14.0. The number of pyridine rings is 1.